The van der Waals surface area contributed by atoms with Crippen molar-refractivity contribution in [2.45, 2.75) is 57.3 Å². The number of rotatable bonds is 17. The molecule has 0 radical (unpaired) electrons. The second-order valence-electron chi connectivity index (χ2n) is 11.5. The first kappa shape index (κ1) is 34.3. The van der Waals surface area contributed by atoms with E-state index in [-0.39, 0.29) is 48.5 Å². The minimum Gasteiger partial charge on any atom is -0.618 e. The van der Waals surface area contributed by atoms with E-state index in [9.17, 15) is 14.8 Å². The minimum absolute atomic E-state index is 0.0275. The van der Waals surface area contributed by atoms with Gasteiger partial charge in [-0.1, -0.05) is 29.8 Å². The number of piperazine rings is 1. The number of hydrogen-bond donors (Lipinski definition) is 1. The normalized spacial score (nSPS) is 16.3. The van der Waals surface area contributed by atoms with Gasteiger partial charge in [0.15, 0.2) is 11.9 Å². The number of methoxy groups -OCH3 is 2. The number of carbonyl (C=O) groups excluding carboxylic acids is 2. The fraction of sp³-hybridized carbons (Fsp3) is 0.485. The molecule has 2 aliphatic rings. The quantitative estimate of drug-likeness (QED) is 0.130. The number of anilines is 1. The lowest BCUT2D eigenvalue weighted by molar-refractivity contribution is -0.614. The Hall–Kier alpha value is -4.04. The highest BCUT2D eigenvalue weighted by molar-refractivity contribution is 6.31. The van der Waals surface area contributed by atoms with Crippen LogP contribution in [-0.2, 0) is 38.6 Å². The monoisotopic (exact) mass is 668 g/mol. The van der Waals surface area contributed by atoms with Crippen molar-refractivity contribution in [3.05, 3.63) is 76.0 Å². The Morgan fingerprint density at radius 1 is 1.13 bits per heavy atom. The Balaban J connectivity index is 1.19. The Morgan fingerprint density at radius 2 is 1.91 bits per heavy atom. The average Bonchev–Trinajstić information content (AvgIpc) is 3.92. The van der Waals surface area contributed by atoms with Gasteiger partial charge >= 0.3 is 6.01 Å². The molecular weight excluding hydrogens is 628 g/mol. The van der Waals surface area contributed by atoms with Crippen LogP contribution in [0.4, 0.5) is 5.69 Å². The van der Waals surface area contributed by atoms with E-state index < -0.39 is 6.04 Å². The van der Waals surface area contributed by atoms with Crippen LogP contribution < -0.4 is 24.4 Å². The van der Waals surface area contributed by atoms with Gasteiger partial charge in [0.2, 0.25) is 11.8 Å². The number of carbonyl (C=O) groups is 2. The van der Waals surface area contributed by atoms with E-state index in [4.69, 9.17) is 30.5 Å². The number of aryl methyl sites for hydroxylation is 1. The first-order chi connectivity index (χ1) is 22.9. The first-order valence-electron chi connectivity index (χ1n) is 15.8. The Bertz CT molecular complexity index is 1510. The molecule has 1 N–H and O–H groups in total. The maximum atomic E-state index is 14.1. The van der Waals surface area contributed by atoms with Crippen LogP contribution in [0.1, 0.15) is 42.5 Å². The Morgan fingerprint density at radius 3 is 2.66 bits per heavy atom. The summed E-state index contributed by atoms with van der Waals surface area (Å²) in [7, 11) is 3.25. The predicted molar refractivity (Wildman–Crippen MR) is 173 cm³/mol. The summed E-state index contributed by atoms with van der Waals surface area (Å²) in [5, 5.41) is 15.8. The summed E-state index contributed by atoms with van der Waals surface area (Å²) >= 11 is 6.48. The topological polar surface area (TPSA) is 142 Å². The van der Waals surface area contributed by atoms with Crippen molar-refractivity contribution in [1.82, 2.24) is 20.2 Å². The summed E-state index contributed by atoms with van der Waals surface area (Å²) in [4.78, 5) is 39.1. The van der Waals surface area contributed by atoms with Gasteiger partial charge in [0.1, 0.15) is 16.8 Å². The zero-order valence-corrected chi connectivity index (χ0v) is 27.5. The van der Waals surface area contributed by atoms with Crippen molar-refractivity contribution in [3.8, 4) is 11.8 Å². The van der Waals surface area contributed by atoms with Gasteiger partial charge in [-0.3, -0.25) is 14.5 Å². The molecule has 252 valence electrons. The smallest absolute Gasteiger partial charge is 0.316 e. The Labute approximate surface area is 279 Å². The third kappa shape index (κ3) is 9.07. The molecule has 3 heterocycles. The molecule has 2 aromatic heterocycles. The maximum Gasteiger partial charge on any atom is 0.316 e. The van der Waals surface area contributed by atoms with Crippen LogP contribution in [0.2, 0.25) is 5.02 Å². The second-order valence-corrected chi connectivity index (χ2v) is 11.9. The molecule has 2 fully saturated rings. The van der Waals surface area contributed by atoms with Gasteiger partial charge in [-0.15, -0.1) is 0 Å². The number of pyridine rings is 1. The highest BCUT2D eigenvalue weighted by Crippen LogP contribution is 2.32. The number of benzene rings is 1. The molecule has 1 aliphatic carbocycles. The summed E-state index contributed by atoms with van der Waals surface area (Å²) in [6.07, 6.45) is 7.87. The molecule has 1 aromatic carbocycles. The standard InChI is InChI=1S/C33H41ClN6O7/c1-44-12-5-8-26-15-24(28(34)21-39(26)43)20-38(25-10-11-25)32(42)29-18-35-19-31(41)40(29)27-16-36-33(37-17-27)47-14-6-13-46-22-23-7-3-4-9-30(23)45-2/h3-4,7,9,15-17,21,25,29,35H,5-6,8,10-14,18-20,22H2,1-2H3/t29-/m1/s1. The molecule has 1 saturated heterocycles. The number of nitrogens with one attached hydrogen (secondary N) is 1. The number of hydrogen-bond acceptors (Lipinski definition) is 10. The van der Waals surface area contributed by atoms with E-state index in [1.807, 2.05) is 24.3 Å². The van der Waals surface area contributed by atoms with Gasteiger partial charge in [0, 0.05) is 62.9 Å². The fourth-order valence-electron chi connectivity index (χ4n) is 5.48. The Kier molecular flexibility index (Phi) is 12.2. The lowest BCUT2D eigenvalue weighted by atomic mass is 10.1. The zero-order valence-electron chi connectivity index (χ0n) is 26.7. The molecule has 1 atom stereocenters. The molecule has 14 heteroatoms. The molecule has 1 saturated carbocycles. The summed E-state index contributed by atoms with van der Waals surface area (Å²) < 4.78 is 22.7. The molecular formula is C33H41ClN6O7. The third-order valence-corrected chi connectivity index (χ3v) is 8.38. The van der Waals surface area contributed by atoms with Crippen LogP contribution in [0.15, 0.2) is 48.9 Å². The molecule has 1 aliphatic heterocycles. The minimum atomic E-state index is -0.805. The highest BCUT2D eigenvalue weighted by atomic mass is 35.5. The molecule has 0 bridgehead atoms. The van der Waals surface area contributed by atoms with Crippen LogP contribution >= 0.6 is 11.6 Å². The number of ether oxygens (including phenoxy) is 4. The van der Waals surface area contributed by atoms with Gasteiger partial charge in [0.25, 0.3) is 0 Å². The van der Waals surface area contributed by atoms with Gasteiger partial charge < -0.3 is 34.4 Å². The summed E-state index contributed by atoms with van der Waals surface area (Å²) in [6, 6.07) is 8.85. The van der Waals surface area contributed by atoms with E-state index >= 15 is 0 Å². The van der Waals surface area contributed by atoms with Gasteiger partial charge in [-0.2, -0.15) is 4.73 Å². The second kappa shape index (κ2) is 16.7. The van der Waals surface area contributed by atoms with Gasteiger partial charge in [-0.25, -0.2) is 9.97 Å². The van der Waals surface area contributed by atoms with Crippen molar-refractivity contribution in [1.29, 1.82) is 0 Å². The molecule has 2 amide bonds. The van der Waals surface area contributed by atoms with Crippen molar-refractivity contribution in [2.24, 2.45) is 0 Å². The van der Waals surface area contributed by atoms with Crippen molar-refractivity contribution >= 4 is 29.1 Å². The number of aromatic nitrogens is 3. The zero-order chi connectivity index (χ0) is 33.2. The van der Waals surface area contributed by atoms with Crippen LogP contribution in [0.5, 0.6) is 11.8 Å². The van der Waals surface area contributed by atoms with Gasteiger partial charge in [0.05, 0.1) is 51.6 Å². The molecule has 5 rings (SSSR count). The number of halogens is 1. The van der Waals surface area contributed by atoms with Crippen LogP contribution in [0.25, 0.3) is 0 Å². The largest absolute Gasteiger partial charge is 0.618 e. The highest BCUT2D eigenvalue weighted by Gasteiger charge is 2.42. The van der Waals surface area contributed by atoms with Crippen LogP contribution in [0, 0.1) is 5.21 Å². The lowest BCUT2D eigenvalue weighted by Crippen LogP contribution is -2.61. The predicted octanol–water partition coefficient (Wildman–Crippen LogP) is 2.83. The summed E-state index contributed by atoms with van der Waals surface area (Å²) in [5.41, 5.74) is 2.62. The SMILES string of the molecule is COCCCc1cc(CN(C(=O)[C@H]2CNCC(=O)N2c2cnc(OCCCOCc3ccccc3OC)nc2)C2CC2)c(Cl)c[n+]1[O-]. The van der Waals surface area contributed by atoms with Crippen molar-refractivity contribution in [2.75, 3.05) is 52.0 Å². The van der Waals surface area contributed by atoms with E-state index in [2.05, 4.69) is 15.3 Å². The molecule has 13 nitrogen and oxygen atoms in total. The number of amides is 2. The van der Waals surface area contributed by atoms with Crippen LogP contribution in [-0.4, -0.2) is 85.9 Å². The molecule has 0 unspecified atom stereocenters. The third-order valence-electron chi connectivity index (χ3n) is 8.04. The maximum absolute atomic E-state index is 14.1. The van der Waals surface area contributed by atoms with Gasteiger partial charge in [-0.05, 0) is 25.3 Å². The summed E-state index contributed by atoms with van der Waals surface area (Å²) in [5.74, 6) is 0.309. The molecule has 0 spiro atoms. The van der Waals surface area contributed by atoms with Crippen LogP contribution in [0.3, 0.4) is 0 Å². The van der Waals surface area contributed by atoms with E-state index in [0.717, 1.165) is 28.9 Å². The number of para-hydroxylation sites is 1. The van der Waals surface area contributed by atoms with Crippen molar-refractivity contribution in [3.63, 3.8) is 0 Å². The lowest BCUT2D eigenvalue weighted by Gasteiger charge is -2.37. The average molecular weight is 669 g/mol. The molecule has 47 heavy (non-hydrogen) atoms. The van der Waals surface area contributed by atoms with E-state index in [1.165, 1.54) is 23.5 Å². The van der Waals surface area contributed by atoms with E-state index in [1.54, 1.807) is 25.2 Å². The fourth-order valence-corrected chi connectivity index (χ4v) is 5.68. The molecule has 3 aromatic rings. The first-order valence-corrected chi connectivity index (χ1v) is 16.1. The number of nitrogens with zero attached hydrogens (tertiary/aromatic N) is 5. The summed E-state index contributed by atoms with van der Waals surface area (Å²) in [6.45, 7) is 2.36. The van der Waals surface area contributed by atoms with Crippen molar-refractivity contribution < 1.29 is 33.3 Å². The van der Waals surface area contributed by atoms with E-state index in [0.29, 0.717) is 62.6 Å².